The summed E-state index contributed by atoms with van der Waals surface area (Å²) < 4.78 is 19.2. The number of ether oxygens (including phenoxy) is 1. The Bertz CT molecular complexity index is 502. The van der Waals surface area contributed by atoms with Gasteiger partial charge in [-0.2, -0.15) is 0 Å². The van der Waals surface area contributed by atoms with Crippen molar-refractivity contribution in [1.29, 1.82) is 0 Å². The molecule has 1 nitrogen and oxygen atoms in total. The molecule has 0 unspecified atom stereocenters. The van der Waals surface area contributed by atoms with Crippen LogP contribution >= 0.6 is 11.6 Å². The third-order valence-electron chi connectivity index (χ3n) is 6.01. The first-order valence-electron chi connectivity index (χ1n) is 9.20. The molecule has 0 aromatic heterocycles. The van der Waals surface area contributed by atoms with Gasteiger partial charge in [0.25, 0.3) is 0 Å². The van der Waals surface area contributed by atoms with Crippen molar-refractivity contribution in [3.8, 4) is 5.75 Å². The van der Waals surface area contributed by atoms with E-state index in [-0.39, 0.29) is 5.02 Å². The zero-order valence-corrected chi connectivity index (χ0v) is 14.8. The van der Waals surface area contributed by atoms with Gasteiger partial charge in [0.05, 0.1) is 6.61 Å². The van der Waals surface area contributed by atoms with Gasteiger partial charge in [-0.3, -0.25) is 0 Å². The largest absolute Gasteiger partial charge is 0.492 e. The lowest BCUT2D eigenvalue weighted by Gasteiger charge is -2.37. The highest BCUT2D eigenvalue weighted by atomic mass is 35.5. The Morgan fingerprint density at radius 3 is 2.26 bits per heavy atom. The molecule has 0 aliphatic heterocycles. The smallest absolute Gasteiger partial charge is 0.145 e. The van der Waals surface area contributed by atoms with E-state index in [0.717, 1.165) is 17.8 Å². The molecule has 0 radical (unpaired) electrons. The van der Waals surface area contributed by atoms with E-state index in [2.05, 4.69) is 6.92 Å². The maximum absolute atomic E-state index is 13.4. The number of hydrogen-bond donors (Lipinski definition) is 0. The molecule has 2 aliphatic rings. The van der Waals surface area contributed by atoms with Crippen molar-refractivity contribution in [3.63, 3.8) is 0 Å². The standard InChI is InChI=1S/C20H28ClFO/c1-14-5-9-16(10-6-14)17-11-7-15(8-12-17)13-23-19-4-2-3-18(22)20(19)21/h2-4,14-17H,5-13H2,1H3. The molecule has 2 fully saturated rings. The fourth-order valence-corrected chi connectivity index (χ4v) is 4.57. The van der Waals surface area contributed by atoms with Crippen LogP contribution < -0.4 is 4.74 Å². The van der Waals surface area contributed by atoms with E-state index >= 15 is 0 Å². The molecule has 0 amide bonds. The lowest BCUT2D eigenvalue weighted by atomic mass is 9.69. The maximum Gasteiger partial charge on any atom is 0.145 e. The Labute approximate surface area is 144 Å². The van der Waals surface area contributed by atoms with Gasteiger partial charge >= 0.3 is 0 Å². The molecule has 128 valence electrons. The number of benzene rings is 1. The van der Waals surface area contributed by atoms with Crippen molar-refractivity contribution in [1.82, 2.24) is 0 Å². The Morgan fingerprint density at radius 1 is 1.00 bits per heavy atom. The van der Waals surface area contributed by atoms with Gasteiger partial charge in [0, 0.05) is 0 Å². The molecule has 0 saturated heterocycles. The van der Waals surface area contributed by atoms with Gasteiger partial charge < -0.3 is 4.74 Å². The van der Waals surface area contributed by atoms with Gasteiger partial charge in [0.2, 0.25) is 0 Å². The molecule has 0 spiro atoms. The minimum Gasteiger partial charge on any atom is -0.492 e. The molecule has 2 saturated carbocycles. The Morgan fingerprint density at radius 2 is 1.61 bits per heavy atom. The topological polar surface area (TPSA) is 9.23 Å². The summed E-state index contributed by atoms with van der Waals surface area (Å²) in [6, 6.07) is 4.77. The number of rotatable bonds is 4. The average molecular weight is 339 g/mol. The van der Waals surface area contributed by atoms with Crippen molar-refractivity contribution >= 4 is 11.6 Å². The Balaban J connectivity index is 1.43. The van der Waals surface area contributed by atoms with Crippen LogP contribution in [0.1, 0.15) is 58.3 Å². The van der Waals surface area contributed by atoms with Crippen LogP contribution in [-0.2, 0) is 0 Å². The molecule has 0 N–H and O–H groups in total. The second-order valence-corrected chi connectivity index (χ2v) is 8.04. The van der Waals surface area contributed by atoms with Crippen molar-refractivity contribution in [2.45, 2.75) is 58.3 Å². The van der Waals surface area contributed by atoms with Gasteiger partial charge in [0.15, 0.2) is 0 Å². The first-order valence-corrected chi connectivity index (χ1v) is 9.58. The van der Waals surface area contributed by atoms with Gasteiger partial charge in [0.1, 0.15) is 16.6 Å². The lowest BCUT2D eigenvalue weighted by Crippen LogP contribution is -2.27. The van der Waals surface area contributed by atoms with Crippen LogP contribution in [0.5, 0.6) is 5.75 Å². The predicted molar refractivity (Wildman–Crippen MR) is 93.5 cm³/mol. The molecule has 1 aromatic carbocycles. The molecule has 0 atom stereocenters. The zero-order valence-electron chi connectivity index (χ0n) is 14.1. The number of hydrogen-bond acceptors (Lipinski definition) is 1. The summed E-state index contributed by atoms with van der Waals surface area (Å²) in [6.45, 7) is 3.06. The fourth-order valence-electron chi connectivity index (χ4n) is 4.39. The van der Waals surface area contributed by atoms with E-state index in [9.17, 15) is 4.39 Å². The summed E-state index contributed by atoms with van der Waals surface area (Å²) in [5.74, 6) is 3.50. The van der Waals surface area contributed by atoms with E-state index < -0.39 is 5.82 Å². The van der Waals surface area contributed by atoms with Crippen LogP contribution in [0.2, 0.25) is 5.02 Å². The van der Waals surface area contributed by atoms with Crippen LogP contribution in [0.3, 0.4) is 0 Å². The molecule has 2 aliphatic carbocycles. The second kappa shape index (κ2) is 7.88. The quantitative estimate of drug-likeness (QED) is 0.609. The van der Waals surface area contributed by atoms with E-state index in [0.29, 0.717) is 18.3 Å². The number of halogens is 2. The third-order valence-corrected chi connectivity index (χ3v) is 6.38. The van der Waals surface area contributed by atoms with Crippen LogP contribution in [0.4, 0.5) is 4.39 Å². The normalized spacial score (nSPS) is 31.8. The average Bonchev–Trinajstić information content (AvgIpc) is 2.57. The summed E-state index contributed by atoms with van der Waals surface area (Å²) >= 11 is 5.95. The van der Waals surface area contributed by atoms with Gasteiger partial charge in [-0.15, -0.1) is 0 Å². The molecule has 1 aromatic rings. The van der Waals surface area contributed by atoms with E-state index in [1.54, 1.807) is 12.1 Å². The molecule has 3 rings (SSSR count). The molecular weight excluding hydrogens is 311 g/mol. The first kappa shape index (κ1) is 17.1. The Kier molecular flexibility index (Phi) is 5.85. The minimum atomic E-state index is -0.403. The van der Waals surface area contributed by atoms with Crippen molar-refractivity contribution in [3.05, 3.63) is 29.0 Å². The highest BCUT2D eigenvalue weighted by Gasteiger charge is 2.30. The zero-order chi connectivity index (χ0) is 16.2. The minimum absolute atomic E-state index is 0.109. The molecule has 3 heteroatoms. The van der Waals surface area contributed by atoms with Gasteiger partial charge in [-0.25, -0.2) is 4.39 Å². The first-order chi connectivity index (χ1) is 11.1. The monoisotopic (exact) mass is 338 g/mol. The molecular formula is C20H28ClFO. The second-order valence-electron chi connectivity index (χ2n) is 7.66. The summed E-state index contributed by atoms with van der Waals surface area (Å²) in [4.78, 5) is 0. The van der Waals surface area contributed by atoms with Crippen molar-refractivity contribution < 1.29 is 9.13 Å². The van der Waals surface area contributed by atoms with Crippen LogP contribution in [0.25, 0.3) is 0 Å². The molecule has 0 heterocycles. The van der Waals surface area contributed by atoms with Gasteiger partial charge in [-0.1, -0.05) is 37.4 Å². The highest BCUT2D eigenvalue weighted by Crippen LogP contribution is 2.41. The molecule has 0 bridgehead atoms. The SMILES string of the molecule is CC1CCC(C2CCC(COc3cccc(F)c3Cl)CC2)CC1. The summed E-state index contributed by atoms with van der Waals surface area (Å²) in [6.07, 6.45) is 10.9. The van der Waals surface area contributed by atoms with Crippen LogP contribution in [-0.4, -0.2) is 6.61 Å². The van der Waals surface area contributed by atoms with E-state index in [1.807, 2.05) is 0 Å². The van der Waals surface area contributed by atoms with Gasteiger partial charge in [-0.05, 0) is 74.3 Å². The van der Waals surface area contributed by atoms with Crippen molar-refractivity contribution in [2.75, 3.05) is 6.61 Å². The van der Waals surface area contributed by atoms with Crippen LogP contribution in [0, 0.1) is 29.5 Å². The predicted octanol–water partition coefficient (Wildman–Crippen LogP) is 6.49. The van der Waals surface area contributed by atoms with E-state index in [4.69, 9.17) is 16.3 Å². The van der Waals surface area contributed by atoms with Crippen molar-refractivity contribution in [2.24, 2.45) is 23.7 Å². The van der Waals surface area contributed by atoms with Crippen LogP contribution in [0.15, 0.2) is 18.2 Å². The molecule has 23 heavy (non-hydrogen) atoms. The maximum atomic E-state index is 13.4. The summed E-state index contributed by atoms with van der Waals surface area (Å²) in [5, 5.41) is 0.109. The lowest BCUT2D eigenvalue weighted by molar-refractivity contribution is 0.126. The summed E-state index contributed by atoms with van der Waals surface area (Å²) in [7, 11) is 0. The van der Waals surface area contributed by atoms with E-state index in [1.165, 1.54) is 57.4 Å². The fraction of sp³-hybridized carbons (Fsp3) is 0.700. The third kappa shape index (κ3) is 4.41. The summed E-state index contributed by atoms with van der Waals surface area (Å²) in [5.41, 5.74) is 0. The Hall–Kier alpha value is -0.760. The highest BCUT2D eigenvalue weighted by molar-refractivity contribution is 6.32.